The van der Waals surface area contributed by atoms with E-state index in [-0.39, 0.29) is 30.2 Å². The van der Waals surface area contributed by atoms with Gasteiger partial charge in [-0.15, -0.1) is 0 Å². The molecule has 4 fully saturated rings. The zero-order valence-electron chi connectivity index (χ0n) is 31.7. The molecule has 5 aliphatic rings. The highest BCUT2D eigenvalue weighted by atomic mass is 16.3. The molecule has 0 aromatic heterocycles. The predicted molar refractivity (Wildman–Crippen MR) is 209 cm³/mol. The smallest absolute Gasteiger partial charge is 0.320 e. The van der Waals surface area contributed by atoms with Gasteiger partial charge in [0.2, 0.25) is 18.2 Å². The molecule has 15 heteroatoms. The highest BCUT2D eigenvalue weighted by molar-refractivity contribution is 6.00. The summed E-state index contributed by atoms with van der Waals surface area (Å²) in [5.41, 5.74) is 17.7. The van der Waals surface area contributed by atoms with Crippen molar-refractivity contribution in [2.45, 2.75) is 51.2 Å². The molecule has 55 heavy (non-hydrogen) atoms. The number of para-hydroxylation sites is 1. The Morgan fingerprint density at radius 1 is 0.982 bits per heavy atom. The van der Waals surface area contributed by atoms with Crippen molar-refractivity contribution in [3.05, 3.63) is 76.7 Å². The number of allylic oxidation sites excluding steroid dienone is 1. The van der Waals surface area contributed by atoms with E-state index in [0.29, 0.717) is 68.6 Å². The first-order valence-electron chi connectivity index (χ1n) is 19.5. The average Bonchev–Trinajstić information content (AvgIpc) is 3.19. The van der Waals surface area contributed by atoms with Crippen LogP contribution in [-0.4, -0.2) is 138 Å². The summed E-state index contributed by atoms with van der Waals surface area (Å²) in [4.78, 5) is 62.1. The topological polar surface area (TPSA) is 184 Å². The molecule has 7 N–H and O–H groups in total. The lowest BCUT2D eigenvalue weighted by Gasteiger charge is -2.47. The van der Waals surface area contributed by atoms with Crippen LogP contribution in [0.4, 0.5) is 10.5 Å². The van der Waals surface area contributed by atoms with Crippen LogP contribution in [0, 0.1) is 12.8 Å². The van der Waals surface area contributed by atoms with E-state index < -0.39 is 11.9 Å². The number of hydrogen-bond donors (Lipinski definition) is 5. The number of piperazine rings is 2. The van der Waals surface area contributed by atoms with E-state index in [4.69, 9.17) is 11.5 Å². The van der Waals surface area contributed by atoms with Gasteiger partial charge in [-0.25, -0.2) is 4.79 Å². The van der Waals surface area contributed by atoms with Gasteiger partial charge < -0.3 is 46.4 Å². The normalized spacial score (nSPS) is 23.0. The number of rotatable bonds is 9. The van der Waals surface area contributed by atoms with Crippen molar-refractivity contribution in [3.63, 3.8) is 0 Å². The zero-order chi connectivity index (χ0) is 38.6. The number of carbonyl (C=O) groups excluding carboxylic acids is 4. The standard InChI is InChI=1S/C40H54N10O5/c1-27-20-30(7-6-29(27)24-49(26-51)34-8-9-37(53)44-39(34)54)46-12-10-28(11-13-46)23-45-14-16-47(17-15-45)40(55)48-18-19-50-31(25-48)22-43-38(42)35(50)21-33(41)32-4-2-3-5-36(32)52/h2-7,20-21,26,28,31,34,43,52H,8-19,22-25,41-42H2,1H3,(H,44,53,54)/b33-21-. The molecule has 2 atom stereocenters. The first-order valence-corrected chi connectivity index (χ1v) is 19.5. The number of aromatic hydroxyl groups is 1. The van der Waals surface area contributed by atoms with Gasteiger partial charge in [0.1, 0.15) is 17.6 Å². The Labute approximate surface area is 322 Å². The van der Waals surface area contributed by atoms with Gasteiger partial charge in [-0.2, -0.15) is 0 Å². The van der Waals surface area contributed by atoms with E-state index in [1.165, 1.54) is 10.6 Å². The Kier molecular flexibility index (Phi) is 11.4. The van der Waals surface area contributed by atoms with E-state index in [2.05, 4.69) is 37.5 Å². The van der Waals surface area contributed by atoms with Crippen LogP contribution in [-0.2, 0) is 20.9 Å². The number of carbonyl (C=O) groups is 4. The summed E-state index contributed by atoms with van der Waals surface area (Å²) in [6.07, 6.45) is 5.29. The number of phenols is 1. The minimum absolute atomic E-state index is 0.0558. The number of hydrogen-bond acceptors (Lipinski definition) is 11. The van der Waals surface area contributed by atoms with E-state index >= 15 is 0 Å². The summed E-state index contributed by atoms with van der Waals surface area (Å²) < 4.78 is 0. The van der Waals surface area contributed by atoms with E-state index in [1.54, 1.807) is 18.2 Å². The summed E-state index contributed by atoms with van der Waals surface area (Å²) in [7, 11) is 0. The lowest BCUT2D eigenvalue weighted by molar-refractivity contribution is -0.141. The van der Waals surface area contributed by atoms with Crippen molar-refractivity contribution in [3.8, 4) is 5.75 Å². The number of nitrogens with two attached hydrogens (primary N) is 2. The molecular formula is C40H54N10O5. The molecule has 0 aliphatic carbocycles. The van der Waals surface area contributed by atoms with Crippen LogP contribution in [0.3, 0.4) is 0 Å². The quantitative estimate of drug-likeness (QED) is 0.183. The maximum absolute atomic E-state index is 13.7. The fourth-order valence-electron chi connectivity index (χ4n) is 8.63. The van der Waals surface area contributed by atoms with Crippen LogP contribution in [0.25, 0.3) is 5.70 Å². The molecule has 2 aromatic carbocycles. The largest absolute Gasteiger partial charge is 0.507 e. The van der Waals surface area contributed by atoms with Gasteiger partial charge in [-0.05, 0) is 73.6 Å². The number of fused-ring (bicyclic) bond motifs is 1. The number of benzene rings is 2. The number of nitrogens with zero attached hydrogens (tertiary/aromatic N) is 6. The molecule has 0 spiro atoms. The van der Waals surface area contributed by atoms with Crippen LogP contribution in [0.5, 0.6) is 5.75 Å². The van der Waals surface area contributed by atoms with Crippen LogP contribution < -0.4 is 27.0 Å². The maximum atomic E-state index is 13.7. The summed E-state index contributed by atoms with van der Waals surface area (Å²) in [6.45, 7) is 11.0. The number of piperidine rings is 2. The van der Waals surface area contributed by atoms with Crippen molar-refractivity contribution in [2.24, 2.45) is 17.4 Å². The lowest BCUT2D eigenvalue weighted by atomic mass is 9.95. The Bertz CT molecular complexity index is 1830. The molecule has 4 saturated heterocycles. The fraction of sp³-hybridized carbons (Fsp3) is 0.500. The molecule has 5 aliphatic heterocycles. The third-order valence-electron chi connectivity index (χ3n) is 11.9. The van der Waals surface area contributed by atoms with E-state index in [0.717, 1.165) is 75.5 Å². The Hall–Kier alpha value is -5.44. The minimum atomic E-state index is -0.632. The second-order valence-corrected chi connectivity index (χ2v) is 15.4. The molecule has 2 unspecified atom stereocenters. The lowest BCUT2D eigenvalue weighted by Crippen LogP contribution is -2.63. The molecule has 15 nitrogen and oxygen atoms in total. The van der Waals surface area contributed by atoms with E-state index in [9.17, 15) is 24.3 Å². The highest BCUT2D eigenvalue weighted by Gasteiger charge is 2.37. The zero-order valence-corrected chi connectivity index (χ0v) is 31.7. The van der Waals surface area contributed by atoms with Gasteiger partial charge in [-0.1, -0.05) is 18.2 Å². The number of urea groups is 1. The summed E-state index contributed by atoms with van der Waals surface area (Å²) >= 11 is 0. The van der Waals surface area contributed by atoms with Crippen LogP contribution in [0.2, 0.25) is 0 Å². The molecule has 7 rings (SSSR count). The molecule has 2 aromatic rings. The Balaban J connectivity index is 0.849. The molecular weight excluding hydrogens is 701 g/mol. The third kappa shape index (κ3) is 8.46. The Morgan fingerprint density at radius 2 is 1.73 bits per heavy atom. The highest BCUT2D eigenvalue weighted by Crippen LogP contribution is 2.29. The number of nitrogens with one attached hydrogen (secondary N) is 2. The minimum Gasteiger partial charge on any atom is -0.507 e. The number of imide groups is 1. The van der Waals surface area contributed by atoms with E-state index in [1.807, 2.05) is 34.9 Å². The second-order valence-electron chi connectivity index (χ2n) is 15.4. The van der Waals surface area contributed by atoms with Crippen molar-refractivity contribution in [1.82, 2.24) is 35.1 Å². The van der Waals surface area contributed by atoms with Gasteiger partial charge in [-0.3, -0.25) is 24.6 Å². The number of phenolic OH excluding ortho intramolecular Hbond substituents is 1. The Morgan fingerprint density at radius 3 is 2.44 bits per heavy atom. The summed E-state index contributed by atoms with van der Waals surface area (Å²) in [5, 5.41) is 15.9. The monoisotopic (exact) mass is 754 g/mol. The SMILES string of the molecule is Cc1cc(N2CCC(CN3CCN(C(=O)N4CCN5C(/C=C(\N)c6ccccc6O)=C(N)NCC5C4)CC3)CC2)ccc1CN(C=O)C1CCC(=O)NC1=O. The predicted octanol–water partition coefficient (Wildman–Crippen LogP) is 1.14. The van der Waals surface area contributed by atoms with Crippen molar-refractivity contribution >= 4 is 35.6 Å². The first-order chi connectivity index (χ1) is 26.6. The molecule has 0 radical (unpaired) electrons. The van der Waals surface area contributed by atoms with Crippen LogP contribution in [0.1, 0.15) is 42.4 Å². The maximum Gasteiger partial charge on any atom is 0.320 e. The van der Waals surface area contributed by atoms with Crippen molar-refractivity contribution in [2.75, 3.05) is 76.9 Å². The second kappa shape index (κ2) is 16.5. The van der Waals surface area contributed by atoms with Gasteiger partial charge >= 0.3 is 6.03 Å². The molecule has 294 valence electrons. The van der Waals surface area contributed by atoms with Crippen molar-refractivity contribution in [1.29, 1.82) is 0 Å². The summed E-state index contributed by atoms with van der Waals surface area (Å²) in [5.74, 6) is 0.545. The molecule has 5 amide bonds. The number of amides is 5. The van der Waals surface area contributed by atoms with Crippen LogP contribution in [0.15, 0.2) is 60.1 Å². The van der Waals surface area contributed by atoms with Gasteiger partial charge in [0, 0.05) is 102 Å². The first kappa shape index (κ1) is 37.9. The number of aryl methyl sites for hydroxylation is 1. The van der Waals surface area contributed by atoms with Gasteiger partial charge in [0.25, 0.3) is 0 Å². The van der Waals surface area contributed by atoms with Crippen molar-refractivity contribution < 1.29 is 24.3 Å². The molecule has 0 bridgehead atoms. The molecule has 5 heterocycles. The van der Waals surface area contributed by atoms with Crippen LogP contribution >= 0.6 is 0 Å². The number of anilines is 1. The average molecular weight is 755 g/mol. The summed E-state index contributed by atoms with van der Waals surface area (Å²) in [6, 6.07) is 12.8. The van der Waals surface area contributed by atoms with Gasteiger partial charge in [0.15, 0.2) is 0 Å². The fourth-order valence-corrected chi connectivity index (χ4v) is 8.63. The van der Waals surface area contributed by atoms with Gasteiger partial charge in [0.05, 0.1) is 11.7 Å². The molecule has 0 saturated carbocycles. The third-order valence-corrected chi connectivity index (χ3v) is 11.9.